The van der Waals surface area contributed by atoms with Gasteiger partial charge in [0, 0.05) is 67.0 Å². The summed E-state index contributed by atoms with van der Waals surface area (Å²) in [6, 6.07) is 133. The summed E-state index contributed by atoms with van der Waals surface area (Å²) in [6.07, 6.45) is 0. The first-order valence-electron chi connectivity index (χ1n) is 32.3. The fraction of sp³-hybridized carbons (Fsp3) is 0.0222. The quantitative estimate of drug-likeness (QED) is 0.101. The van der Waals surface area contributed by atoms with Gasteiger partial charge < -0.3 is 19.6 Å². The Bertz CT molecular complexity index is 4990. The van der Waals surface area contributed by atoms with Crippen molar-refractivity contribution in [2.45, 2.75) is 13.8 Å². The molecule has 0 spiro atoms. The Morgan fingerprint density at radius 2 is 0.309 bits per heavy atom. The highest BCUT2D eigenvalue weighted by molar-refractivity contribution is 6.03. The zero-order valence-corrected chi connectivity index (χ0v) is 52.4. The highest BCUT2D eigenvalue weighted by atomic mass is 15.2. The van der Waals surface area contributed by atoms with Gasteiger partial charge >= 0.3 is 0 Å². The second kappa shape index (κ2) is 24.9. The molecule has 0 saturated heterocycles. The van der Waals surface area contributed by atoms with E-state index in [9.17, 15) is 0 Å². The van der Waals surface area contributed by atoms with E-state index in [1.807, 2.05) is 0 Å². The molecule has 0 unspecified atom stereocenters. The van der Waals surface area contributed by atoms with Gasteiger partial charge in [0.2, 0.25) is 0 Å². The van der Waals surface area contributed by atoms with Gasteiger partial charge in [0.15, 0.2) is 0 Å². The van der Waals surface area contributed by atoms with Gasteiger partial charge in [0.1, 0.15) is 0 Å². The molecule has 4 heteroatoms. The molecule has 4 nitrogen and oxygen atoms in total. The Kier molecular flexibility index (Phi) is 15.1. The van der Waals surface area contributed by atoms with Crippen molar-refractivity contribution in [3.05, 3.63) is 375 Å². The second-order valence-electron chi connectivity index (χ2n) is 24.3. The summed E-state index contributed by atoms with van der Waals surface area (Å²) in [4.78, 5) is 9.52. The van der Waals surface area contributed by atoms with Crippen LogP contribution in [-0.4, -0.2) is 0 Å². The number of hydrogen-bond acceptors (Lipinski definition) is 4. The molecular weight excluding hydrogens is 1140 g/mol. The van der Waals surface area contributed by atoms with Crippen molar-refractivity contribution in [3.8, 4) is 33.4 Å². The topological polar surface area (TPSA) is 13.0 Å². The first-order chi connectivity index (χ1) is 46.4. The van der Waals surface area contributed by atoms with Crippen LogP contribution in [0.4, 0.5) is 68.2 Å². The highest BCUT2D eigenvalue weighted by Gasteiger charge is 2.21. The summed E-state index contributed by atoms with van der Waals surface area (Å²) >= 11 is 0. The summed E-state index contributed by atoms with van der Waals surface area (Å²) in [5.41, 5.74) is 22.6. The molecule has 0 aliphatic rings. The van der Waals surface area contributed by atoms with Gasteiger partial charge in [-0.15, -0.1) is 0 Å². The molecule has 16 aromatic rings. The van der Waals surface area contributed by atoms with Crippen LogP contribution in [0.5, 0.6) is 0 Å². The van der Waals surface area contributed by atoms with E-state index >= 15 is 0 Å². The standard InChI is InChI=1S/C90H66N4/c1-63-31-47-75(48-32-63)91(87-27-11-19-71-15-3-7-23-83(71)87)77-51-35-65(36-52-77)67-39-55-79(56-40-67)93(89-29-13-21-73-17-5-9-25-85(73)89)81-59-43-69(44-60-81)70-45-61-82(62-46-70)94(90-30-14-22-74-18-6-10-26-86(74)90)80-57-41-68(42-58-80)66-37-53-78(54-38-66)92(76-49-33-64(2)34-50-76)88-28-12-20-72-16-4-8-24-84(72)88/h3-62H,1-2H3. The minimum atomic E-state index is 1.07. The van der Waals surface area contributed by atoms with Crippen LogP contribution < -0.4 is 19.6 Å². The second-order valence-corrected chi connectivity index (χ2v) is 24.3. The zero-order valence-electron chi connectivity index (χ0n) is 52.4. The van der Waals surface area contributed by atoms with Gasteiger partial charge in [0.05, 0.1) is 22.7 Å². The molecule has 446 valence electrons. The maximum Gasteiger partial charge on any atom is 0.0540 e. The van der Waals surface area contributed by atoms with Crippen LogP contribution in [-0.2, 0) is 0 Å². The molecule has 16 aromatic carbocycles. The van der Waals surface area contributed by atoms with Gasteiger partial charge in [-0.05, 0) is 190 Å². The van der Waals surface area contributed by atoms with Gasteiger partial charge in [0.25, 0.3) is 0 Å². The third kappa shape index (κ3) is 11.0. The minimum absolute atomic E-state index is 1.07. The van der Waals surface area contributed by atoms with E-state index in [1.54, 1.807) is 0 Å². The van der Waals surface area contributed by atoms with Crippen LogP contribution in [0.25, 0.3) is 76.5 Å². The fourth-order valence-electron chi connectivity index (χ4n) is 13.5. The van der Waals surface area contributed by atoms with Crippen LogP contribution in [0.2, 0.25) is 0 Å². The zero-order chi connectivity index (χ0) is 62.9. The van der Waals surface area contributed by atoms with Crippen LogP contribution in [0, 0.1) is 13.8 Å². The first-order valence-corrected chi connectivity index (χ1v) is 32.3. The predicted molar refractivity (Wildman–Crippen MR) is 401 cm³/mol. The summed E-state index contributed by atoms with van der Waals surface area (Å²) in [5, 5.41) is 9.61. The molecule has 0 bridgehead atoms. The molecule has 94 heavy (non-hydrogen) atoms. The molecule has 0 fully saturated rings. The molecule has 0 aliphatic carbocycles. The molecule has 0 radical (unpaired) electrons. The molecule has 0 aromatic heterocycles. The number of nitrogens with zero attached hydrogens (tertiary/aromatic N) is 4. The maximum atomic E-state index is 2.39. The number of aryl methyl sites for hydroxylation is 2. The summed E-state index contributed by atoms with van der Waals surface area (Å²) in [7, 11) is 0. The average Bonchev–Trinajstić information content (AvgIpc) is 0.840. The fourth-order valence-corrected chi connectivity index (χ4v) is 13.5. The van der Waals surface area contributed by atoms with Crippen molar-refractivity contribution in [1.82, 2.24) is 0 Å². The van der Waals surface area contributed by atoms with Gasteiger partial charge in [-0.25, -0.2) is 0 Å². The lowest BCUT2D eigenvalue weighted by Crippen LogP contribution is -2.11. The van der Waals surface area contributed by atoms with Gasteiger partial charge in [-0.1, -0.05) is 254 Å². The Morgan fingerprint density at radius 1 is 0.149 bits per heavy atom. The molecule has 0 aliphatic heterocycles. The molecular formula is C90H66N4. The maximum absolute atomic E-state index is 2.39. The number of anilines is 12. The third-order valence-corrected chi connectivity index (χ3v) is 18.4. The van der Waals surface area contributed by atoms with Crippen molar-refractivity contribution in [3.63, 3.8) is 0 Å². The van der Waals surface area contributed by atoms with Crippen molar-refractivity contribution < 1.29 is 0 Å². The molecule has 16 rings (SSSR count). The molecule has 0 atom stereocenters. The van der Waals surface area contributed by atoms with Crippen LogP contribution in [0.1, 0.15) is 11.1 Å². The van der Waals surface area contributed by atoms with Crippen molar-refractivity contribution in [1.29, 1.82) is 0 Å². The lowest BCUT2D eigenvalue weighted by atomic mass is 10.0. The van der Waals surface area contributed by atoms with E-state index in [0.29, 0.717) is 0 Å². The number of fused-ring (bicyclic) bond motifs is 4. The van der Waals surface area contributed by atoms with Crippen molar-refractivity contribution >= 4 is 111 Å². The Balaban J connectivity index is 0.690. The Labute approximate surface area is 550 Å². The van der Waals surface area contributed by atoms with Crippen LogP contribution in [0.3, 0.4) is 0 Å². The minimum Gasteiger partial charge on any atom is -0.310 e. The molecule has 0 heterocycles. The van der Waals surface area contributed by atoms with Gasteiger partial charge in [-0.3, -0.25) is 0 Å². The van der Waals surface area contributed by atoms with E-state index < -0.39 is 0 Å². The van der Waals surface area contributed by atoms with Crippen molar-refractivity contribution in [2.75, 3.05) is 19.6 Å². The Hall–Kier alpha value is -12.2. The highest BCUT2D eigenvalue weighted by Crippen LogP contribution is 2.46. The number of rotatable bonds is 15. The molecule has 0 saturated carbocycles. The van der Waals surface area contributed by atoms with Crippen LogP contribution in [0.15, 0.2) is 364 Å². The van der Waals surface area contributed by atoms with E-state index in [4.69, 9.17) is 0 Å². The van der Waals surface area contributed by atoms with Gasteiger partial charge in [-0.2, -0.15) is 0 Å². The lowest BCUT2D eigenvalue weighted by Gasteiger charge is -2.28. The number of benzene rings is 16. The average molecular weight is 1200 g/mol. The summed E-state index contributed by atoms with van der Waals surface area (Å²) in [5.74, 6) is 0. The normalized spacial score (nSPS) is 11.3. The third-order valence-electron chi connectivity index (χ3n) is 18.4. The van der Waals surface area contributed by atoms with Crippen molar-refractivity contribution in [2.24, 2.45) is 0 Å². The van der Waals surface area contributed by atoms with E-state index in [-0.39, 0.29) is 0 Å². The lowest BCUT2D eigenvalue weighted by molar-refractivity contribution is 1.29. The largest absolute Gasteiger partial charge is 0.310 e. The number of hydrogen-bond donors (Lipinski definition) is 0. The smallest absolute Gasteiger partial charge is 0.0540 e. The summed E-state index contributed by atoms with van der Waals surface area (Å²) < 4.78 is 0. The first kappa shape index (κ1) is 57.0. The monoisotopic (exact) mass is 1200 g/mol. The SMILES string of the molecule is Cc1ccc(N(c2ccc(-c3ccc(N(c4ccc(-c5ccc(N(c6ccc(-c7ccc(N(c8ccc(C)cc8)c8cccc9ccccc89)cc7)cc6)c6cccc7ccccc67)cc5)cc4)c4cccc5ccccc45)cc3)cc2)c2cccc3ccccc23)cc1. The summed E-state index contributed by atoms with van der Waals surface area (Å²) in [6.45, 7) is 4.28. The van der Waals surface area contributed by atoms with E-state index in [0.717, 1.165) is 102 Å². The van der Waals surface area contributed by atoms with E-state index in [1.165, 1.54) is 54.2 Å². The van der Waals surface area contributed by atoms with E-state index in [2.05, 4.69) is 397 Å². The molecule has 0 amide bonds. The predicted octanol–water partition coefficient (Wildman–Crippen LogP) is 25.8. The molecule has 0 N–H and O–H groups in total. The van der Waals surface area contributed by atoms with Crippen LogP contribution >= 0.6 is 0 Å². The Morgan fingerprint density at radius 3 is 0.500 bits per heavy atom.